The number of aromatic nitrogens is 12. The number of thiophene rings is 1. The molecular formula is C132H78N12O2S. The van der Waals surface area contributed by atoms with Crippen LogP contribution in [0.15, 0.2) is 482 Å². The van der Waals surface area contributed by atoms with Crippen LogP contribution in [0.2, 0.25) is 0 Å². The molecule has 0 unspecified atom stereocenters. The van der Waals surface area contributed by atoms with Crippen molar-refractivity contribution < 1.29 is 8.83 Å². The first-order valence-electron chi connectivity index (χ1n) is 49.5. The summed E-state index contributed by atoms with van der Waals surface area (Å²) in [4.78, 5) is 31.8. The lowest BCUT2D eigenvalue weighted by atomic mass is 10.1. The summed E-state index contributed by atoms with van der Waals surface area (Å²) in [6.45, 7) is 0. The van der Waals surface area contributed by atoms with Gasteiger partial charge in [-0.3, -0.25) is 13.7 Å². The Kier molecular flexibility index (Phi) is 18.1. The number of nitrogens with zero attached hydrogens (tertiary/aromatic N) is 12. The van der Waals surface area contributed by atoms with Gasteiger partial charge in [0.2, 0.25) is 17.8 Å². The van der Waals surface area contributed by atoms with Gasteiger partial charge < -0.3 is 22.5 Å². The van der Waals surface area contributed by atoms with Crippen molar-refractivity contribution in [3.8, 4) is 68.7 Å². The molecule has 0 fully saturated rings. The molecule has 12 aromatic heterocycles. The van der Waals surface area contributed by atoms with E-state index < -0.39 is 0 Å². The van der Waals surface area contributed by atoms with Crippen LogP contribution in [-0.2, 0) is 0 Å². The Labute approximate surface area is 840 Å². The molecule has 0 saturated carbocycles. The summed E-state index contributed by atoms with van der Waals surface area (Å²) in [7, 11) is 0. The summed E-state index contributed by atoms with van der Waals surface area (Å²) in [6.07, 6.45) is 0. The monoisotopic (exact) mass is 1890 g/mol. The summed E-state index contributed by atoms with van der Waals surface area (Å²) in [5.41, 5.74) is 28.8. The largest absolute Gasteiger partial charge is 0.456 e. The van der Waals surface area contributed by atoms with Crippen LogP contribution in [-0.4, -0.2) is 57.3 Å². The van der Waals surface area contributed by atoms with Crippen molar-refractivity contribution in [3.05, 3.63) is 473 Å². The average molecular weight is 1900 g/mol. The molecule has 33 aromatic rings. The predicted molar refractivity (Wildman–Crippen MR) is 608 cm³/mol. The molecule has 0 bridgehead atoms. The fourth-order valence-electron chi connectivity index (χ4n) is 23.4. The van der Waals surface area contributed by atoms with Crippen LogP contribution in [0.25, 0.3) is 296 Å². The van der Waals surface area contributed by atoms with Crippen LogP contribution in [0.3, 0.4) is 0 Å². The first-order valence-corrected chi connectivity index (χ1v) is 50.4. The van der Waals surface area contributed by atoms with Gasteiger partial charge in [0.05, 0.1) is 111 Å². The molecule has 0 aliphatic rings. The van der Waals surface area contributed by atoms with E-state index in [-0.39, 0.29) is 0 Å². The zero-order valence-electron chi connectivity index (χ0n) is 78.6. The number of fused-ring (bicyclic) bond motifs is 33. The zero-order valence-corrected chi connectivity index (χ0v) is 79.4. The molecule has 0 aliphatic carbocycles. The molecule has 0 N–H and O–H groups in total. The fourth-order valence-corrected chi connectivity index (χ4v) is 24.6. The Hall–Kier alpha value is -19.7. The maximum Gasteiger partial charge on any atom is 0.235 e. The van der Waals surface area contributed by atoms with Gasteiger partial charge in [-0.05, 0) is 158 Å². The second kappa shape index (κ2) is 32.4. The summed E-state index contributed by atoms with van der Waals surface area (Å²) >= 11 is 1.86. The van der Waals surface area contributed by atoms with Gasteiger partial charge in [0.25, 0.3) is 0 Å². The Bertz CT molecular complexity index is 10900. The van der Waals surface area contributed by atoms with Gasteiger partial charge >= 0.3 is 0 Å². The SMILES string of the molecule is c1ccc(-c2nc(-n3c4cc5c(cc4c4ccc6oc7ccccc7c6c43)c3ccccc3n5-c3ccccc3)nc3ccccc23)cc1.c1ccc(-c2nc(-n3c4ccccc4c4cc5c6ccc7oc8ccccc8c7c6n(-c6ccccc6)c5cc43)nc3ccccc23)cc1.c1ccc(-c2nc(-n3c4ccccc4c4cc5c6ccc7sc8ccccc8c7c6n(-c6ccccc6)c5cc43)nc3ccccc23)cc1. The summed E-state index contributed by atoms with van der Waals surface area (Å²) in [6, 6.07) is 167. The molecule has 684 valence electrons. The van der Waals surface area contributed by atoms with Crippen molar-refractivity contribution in [1.29, 1.82) is 0 Å². The van der Waals surface area contributed by atoms with Crippen molar-refractivity contribution in [2.24, 2.45) is 0 Å². The van der Waals surface area contributed by atoms with Crippen LogP contribution in [0.1, 0.15) is 0 Å². The van der Waals surface area contributed by atoms with E-state index in [0.29, 0.717) is 17.8 Å². The van der Waals surface area contributed by atoms with E-state index in [4.69, 9.17) is 38.7 Å². The second-order valence-electron chi connectivity index (χ2n) is 37.8. The minimum Gasteiger partial charge on any atom is -0.456 e. The molecular weight excluding hydrogens is 1820 g/mol. The average Bonchev–Trinajstić information content (AvgIpc) is 1.53. The van der Waals surface area contributed by atoms with Gasteiger partial charge in [-0.2, -0.15) is 0 Å². The molecule has 33 rings (SSSR count). The van der Waals surface area contributed by atoms with Crippen LogP contribution < -0.4 is 0 Å². The lowest BCUT2D eigenvalue weighted by Crippen LogP contribution is -2.04. The number of benzene rings is 21. The van der Waals surface area contributed by atoms with E-state index in [9.17, 15) is 0 Å². The Morgan fingerprint density at radius 3 is 0.864 bits per heavy atom. The van der Waals surface area contributed by atoms with Gasteiger partial charge in [-0.1, -0.05) is 315 Å². The van der Waals surface area contributed by atoms with Gasteiger partial charge in [0.1, 0.15) is 22.3 Å². The molecule has 0 atom stereocenters. The van der Waals surface area contributed by atoms with E-state index in [1.165, 1.54) is 74.3 Å². The Morgan fingerprint density at radius 2 is 0.449 bits per heavy atom. The molecule has 0 saturated heterocycles. The van der Waals surface area contributed by atoms with E-state index in [1.54, 1.807) is 0 Å². The molecule has 12 heterocycles. The van der Waals surface area contributed by atoms with Crippen LogP contribution >= 0.6 is 11.3 Å². The number of para-hydroxylation sites is 11. The molecule has 147 heavy (non-hydrogen) atoms. The lowest BCUT2D eigenvalue weighted by Gasteiger charge is -2.12. The highest BCUT2D eigenvalue weighted by Gasteiger charge is 2.30. The minimum atomic E-state index is 0.622. The molecule has 14 nitrogen and oxygen atoms in total. The van der Waals surface area contributed by atoms with Gasteiger partial charge in [-0.15, -0.1) is 11.3 Å². The molecule has 21 aromatic carbocycles. The fraction of sp³-hybridized carbons (Fsp3) is 0. The van der Waals surface area contributed by atoms with E-state index in [2.05, 4.69) is 446 Å². The lowest BCUT2D eigenvalue weighted by molar-refractivity contribution is 0.669. The third-order valence-corrected chi connectivity index (χ3v) is 30.9. The van der Waals surface area contributed by atoms with Crippen molar-refractivity contribution in [1.82, 2.24) is 57.3 Å². The highest BCUT2D eigenvalue weighted by molar-refractivity contribution is 7.26. The number of hydrogen-bond donors (Lipinski definition) is 0. The maximum atomic E-state index is 6.45. The Morgan fingerprint density at radius 1 is 0.163 bits per heavy atom. The molecule has 0 radical (unpaired) electrons. The van der Waals surface area contributed by atoms with Gasteiger partial charge in [0.15, 0.2) is 0 Å². The standard InChI is InChI=1S/2C44H26N4O.C44H26N4S/c1-3-13-27(14-4-1)42-31-18-7-10-20-35(31)45-44(46-42)48-36-21-11-8-17-29(36)33-25-34-30-23-24-40-41(32-19-9-12-22-39(32)49-40)43(30)47(37(34)26-38(33)48)28-15-5-2-6-16-28;1-3-13-27(14-4-1)42-31-18-7-10-20-35(31)45-44(46-42)48-38-26-37-33(29-17-8-11-21-36(29)47(37)28-15-5-2-6-16-28)25-34(38)30-23-24-40-41(43(30)48)32-19-9-12-22-39(32)49-40;1-3-13-27(14-4-1)42-31-18-7-10-20-35(31)45-44(46-42)48-36-21-11-8-17-29(36)33-25-34-30-23-24-40-41(32-19-9-12-22-39(32)49-40)43(30)47(37(34)26-38(33)48)28-15-5-2-6-16-28/h3*1-26H. The van der Waals surface area contributed by atoms with Gasteiger partial charge in [-0.25, -0.2) is 29.9 Å². The third-order valence-electron chi connectivity index (χ3n) is 29.7. The van der Waals surface area contributed by atoms with Crippen molar-refractivity contribution in [2.45, 2.75) is 0 Å². The molecule has 15 heteroatoms. The smallest absolute Gasteiger partial charge is 0.235 e. The highest BCUT2D eigenvalue weighted by Crippen LogP contribution is 2.51. The third kappa shape index (κ3) is 12.5. The van der Waals surface area contributed by atoms with E-state index >= 15 is 0 Å². The topological polar surface area (TPSA) is 133 Å². The van der Waals surface area contributed by atoms with Gasteiger partial charge in [0, 0.05) is 145 Å². The summed E-state index contributed by atoms with van der Waals surface area (Å²) in [5.74, 6) is 1.93. The van der Waals surface area contributed by atoms with Crippen molar-refractivity contribution in [2.75, 3.05) is 0 Å². The number of rotatable bonds is 9. The Balaban J connectivity index is 0.0000000999. The van der Waals surface area contributed by atoms with Crippen LogP contribution in [0.4, 0.5) is 0 Å². The second-order valence-corrected chi connectivity index (χ2v) is 38.9. The summed E-state index contributed by atoms with van der Waals surface area (Å²) < 4.78 is 29.4. The maximum absolute atomic E-state index is 6.45. The van der Waals surface area contributed by atoms with Crippen LogP contribution in [0.5, 0.6) is 0 Å². The first kappa shape index (κ1) is 82.0. The minimum absolute atomic E-state index is 0.622. The quantitative estimate of drug-likeness (QED) is 0.139. The van der Waals surface area contributed by atoms with Crippen LogP contribution in [0, 0.1) is 0 Å². The number of furan rings is 2. The highest BCUT2D eigenvalue weighted by atomic mass is 32.1. The molecule has 0 aliphatic heterocycles. The summed E-state index contributed by atoms with van der Waals surface area (Å²) in [5, 5.41) is 24.3. The predicted octanol–water partition coefficient (Wildman–Crippen LogP) is 34.6. The van der Waals surface area contributed by atoms with E-state index in [1.807, 2.05) is 65.9 Å². The molecule has 0 amide bonds. The zero-order chi connectivity index (χ0) is 96.2. The number of hydrogen-bond acceptors (Lipinski definition) is 9. The normalized spacial score (nSPS) is 12.1. The first-order chi connectivity index (χ1) is 72.9. The van der Waals surface area contributed by atoms with E-state index in [0.717, 1.165) is 204 Å². The van der Waals surface area contributed by atoms with Crippen molar-refractivity contribution in [3.63, 3.8) is 0 Å². The molecule has 0 spiro atoms. The van der Waals surface area contributed by atoms with Crippen molar-refractivity contribution >= 4 is 239 Å².